The van der Waals surface area contributed by atoms with Crippen molar-refractivity contribution in [1.29, 1.82) is 0 Å². The molecule has 1 saturated heterocycles. The summed E-state index contributed by atoms with van der Waals surface area (Å²) in [5.41, 5.74) is -2.93. The Labute approximate surface area is 152 Å². The number of hydrogen-bond donors (Lipinski definition) is 5. The molecular weight excluding hydrogens is 376 g/mol. The Hall–Kier alpha value is -2.32. The molecule has 5 N–H and O–H groups in total. The molecule has 0 radical (unpaired) electrons. The van der Waals surface area contributed by atoms with Crippen molar-refractivity contribution < 1.29 is 63.7 Å². The minimum Gasteiger partial charge on any atom is -0.455 e. The molecule has 0 saturated carbocycles. The fourth-order valence-corrected chi connectivity index (χ4v) is 2.17. The van der Waals surface area contributed by atoms with Crippen molar-refractivity contribution in [3.8, 4) is 0 Å². The minimum absolute atomic E-state index is 0.865. The zero-order valence-electron chi connectivity index (χ0n) is 14.1. The highest BCUT2D eigenvalue weighted by molar-refractivity contribution is 5.91. The summed E-state index contributed by atoms with van der Waals surface area (Å²) >= 11 is 0. The van der Waals surface area contributed by atoms with Gasteiger partial charge in [-0.1, -0.05) is 0 Å². The van der Waals surface area contributed by atoms with Gasteiger partial charge in [-0.3, -0.25) is 4.79 Å². The zero-order valence-corrected chi connectivity index (χ0v) is 14.1. The second-order valence-corrected chi connectivity index (χ2v) is 5.43. The SMILES string of the molecule is CC(=O)OC(C(O)CO)C1(CO)OC(=O)C(CO)OC(=O)C(CO)OC1=O. The van der Waals surface area contributed by atoms with E-state index >= 15 is 0 Å². The number of esters is 4. The average Bonchev–Trinajstić information content (AvgIpc) is 2.67. The van der Waals surface area contributed by atoms with Gasteiger partial charge in [0.25, 0.3) is 5.60 Å². The van der Waals surface area contributed by atoms with E-state index in [1.54, 1.807) is 0 Å². The van der Waals surface area contributed by atoms with Crippen LogP contribution in [0.5, 0.6) is 0 Å². The third-order valence-electron chi connectivity index (χ3n) is 3.52. The first-order valence-corrected chi connectivity index (χ1v) is 7.59. The fraction of sp³-hybridized carbons (Fsp3) is 0.714. The molecule has 1 aliphatic rings. The van der Waals surface area contributed by atoms with Crippen LogP contribution in [0.15, 0.2) is 0 Å². The number of ether oxygens (including phenoxy) is 4. The molecule has 27 heavy (non-hydrogen) atoms. The molecule has 1 aliphatic heterocycles. The summed E-state index contributed by atoms with van der Waals surface area (Å²) in [6.45, 7) is -3.84. The normalized spacial score (nSPS) is 28.6. The van der Waals surface area contributed by atoms with Crippen LogP contribution in [-0.4, -0.2) is 106 Å². The number of cyclic esters (lactones) is 3. The number of hydrogen-bond acceptors (Lipinski definition) is 13. The number of carbonyl (C=O) groups excluding carboxylic acids is 4. The van der Waals surface area contributed by atoms with Crippen molar-refractivity contribution in [2.24, 2.45) is 0 Å². The van der Waals surface area contributed by atoms with E-state index in [2.05, 4.69) is 9.47 Å². The number of aliphatic hydroxyl groups is 5. The van der Waals surface area contributed by atoms with E-state index in [0.29, 0.717) is 0 Å². The Morgan fingerprint density at radius 3 is 2.07 bits per heavy atom. The predicted octanol–water partition coefficient (Wildman–Crippen LogP) is -4.63. The van der Waals surface area contributed by atoms with E-state index in [4.69, 9.17) is 14.6 Å². The molecule has 0 bridgehead atoms. The van der Waals surface area contributed by atoms with Crippen LogP contribution in [0.2, 0.25) is 0 Å². The van der Waals surface area contributed by atoms with Crippen molar-refractivity contribution in [3.05, 3.63) is 0 Å². The molecule has 5 atom stereocenters. The fourth-order valence-electron chi connectivity index (χ4n) is 2.17. The topological polar surface area (TPSA) is 206 Å². The van der Waals surface area contributed by atoms with Crippen LogP contribution in [0.4, 0.5) is 0 Å². The number of carbonyl (C=O) groups is 4. The van der Waals surface area contributed by atoms with Gasteiger partial charge in [-0.15, -0.1) is 0 Å². The molecule has 0 aromatic carbocycles. The van der Waals surface area contributed by atoms with E-state index in [9.17, 15) is 39.6 Å². The van der Waals surface area contributed by atoms with Crippen LogP contribution in [-0.2, 0) is 38.1 Å². The Morgan fingerprint density at radius 2 is 1.63 bits per heavy atom. The van der Waals surface area contributed by atoms with Gasteiger partial charge < -0.3 is 44.5 Å². The van der Waals surface area contributed by atoms with Crippen LogP contribution in [0.3, 0.4) is 0 Å². The Morgan fingerprint density at radius 1 is 1.07 bits per heavy atom. The van der Waals surface area contributed by atoms with Gasteiger partial charge in [0.1, 0.15) is 6.10 Å². The summed E-state index contributed by atoms with van der Waals surface area (Å²) in [7, 11) is 0. The van der Waals surface area contributed by atoms with E-state index in [1.165, 1.54) is 0 Å². The molecule has 13 heteroatoms. The van der Waals surface area contributed by atoms with Crippen molar-refractivity contribution in [1.82, 2.24) is 0 Å². The zero-order chi connectivity index (χ0) is 20.8. The van der Waals surface area contributed by atoms with Crippen LogP contribution in [0.25, 0.3) is 0 Å². The average molecular weight is 396 g/mol. The Balaban J connectivity index is 3.52. The third kappa shape index (κ3) is 4.90. The van der Waals surface area contributed by atoms with Gasteiger partial charge in [-0.2, -0.15) is 0 Å². The van der Waals surface area contributed by atoms with Gasteiger partial charge in [-0.05, 0) is 0 Å². The second kappa shape index (κ2) is 9.57. The number of aliphatic hydroxyl groups excluding tert-OH is 5. The molecule has 0 aliphatic carbocycles. The quantitative estimate of drug-likeness (QED) is 0.203. The van der Waals surface area contributed by atoms with Gasteiger partial charge in [0.05, 0.1) is 26.4 Å². The molecule has 13 nitrogen and oxygen atoms in total. The summed E-state index contributed by atoms with van der Waals surface area (Å²) in [5, 5.41) is 47.2. The van der Waals surface area contributed by atoms with E-state index < -0.39 is 80.3 Å². The lowest BCUT2D eigenvalue weighted by atomic mass is 9.92. The molecule has 1 heterocycles. The first kappa shape index (κ1) is 22.7. The van der Waals surface area contributed by atoms with Crippen molar-refractivity contribution in [3.63, 3.8) is 0 Å². The van der Waals surface area contributed by atoms with Crippen LogP contribution < -0.4 is 0 Å². The van der Waals surface area contributed by atoms with E-state index in [-0.39, 0.29) is 0 Å². The van der Waals surface area contributed by atoms with Crippen molar-refractivity contribution >= 4 is 23.9 Å². The highest BCUT2D eigenvalue weighted by Crippen LogP contribution is 2.27. The maximum atomic E-state index is 12.5. The molecule has 0 aromatic heterocycles. The van der Waals surface area contributed by atoms with Crippen LogP contribution in [0.1, 0.15) is 6.92 Å². The predicted molar refractivity (Wildman–Crippen MR) is 78.5 cm³/mol. The molecule has 1 fully saturated rings. The lowest BCUT2D eigenvalue weighted by Crippen LogP contribution is -2.63. The minimum atomic E-state index is -2.93. The summed E-state index contributed by atoms with van der Waals surface area (Å²) in [4.78, 5) is 47.9. The molecule has 0 amide bonds. The second-order valence-electron chi connectivity index (χ2n) is 5.43. The van der Waals surface area contributed by atoms with Gasteiger partial charge in [0.2, 0.25) is 12.2 Å². The molecule has 0 aromatic rings. The molecule has 1 rings (SSSR count). The van der Waals surface area contributed by atoms with Crippen LogP contribution in [0, 0.1) is 0 Å². The third-order valence-corrected chi connectivity index (χ3v) is 3.52. The van der Waals surface area contributed by atoms with Crippen molar-refractivity contribution in [2.75, 3.05) is 26.4 Å². The standard InChI is InChI=1S/C14H20O13/c1-6(19)24-10(7(20)2-15)14(5-18)13(23)26-8(3-16)11(21)25-9(4-17)12(22)27-14/h7-10,15-18,20H,2-5H2,1H3. The summed E-state index contributed by atoms with van der Waals surface area (Å²) in [6, 6.07) is 0. The van der Waals surface area contributed by atoms with Gasteiger partial charge in [0, 0.05) is 6.92 Å². The first-order chi connectivity index (χ1) is 12.7. The highest BCUT2D eigenvalue weighted by atomic mass is 16.7. The highest BCUT2D eigenvalue weighted by Gasteiger charge is 2.58. The summed E-state index contributed by atoms with van der Waals surface area (Å²) in [6.07, 6.45) is -8.14. The number of rotatable bonds is 7. The van der Waals surface area contributed by atoms with Crippen LogP contribution >= 0.6 is 0 Å². The molecule has 5 unspecified atom stereocenters. The molecular formula is C14H20O13. The summed E-state index contributed by atoms with van der Waals surface area (Å²) in [5.74, 6) is -5.71. The van der Waals surface area contributed by atoms with Gasteiger partial charge >= 0.3 is 23.9 Å². The first-order valence-electron chi connectivity index (χ1n) is 7.59. The lowest BCUT2D eigenvalue weighted by Gasteiger charge is -2.37. The van der Waals surface area contributed by atoms with Crippen molar-refractivity contribution in [2.45, 2.75) is 36.9 Å². The summed E-state index contributed by atoms with van der Waals surface area (Å²) < 4.78 is 18.8. The Kier molecular flexibility index (Phi) is 8.05. The maximum Gasteiger partial charge on any atom is 0.358 e. The maximum absolute atomic E-state index is 12.5. The smallest absolute Gasteiger partial charge is 0.358 e. The Bertz CT molecular complexity index is 573. The van der Waals surface area contributed by atoms with Gasteiger partial charge in [-0.25, -0.2) is 14.4 Å². The molecule has 0 spiro atoms. The lowest BCUT2D eigenvalue weighted by molar-refractivity contribution is -0.224. The largest absolute Gasteiger partial charge is 0.455 e. The monoisotopic (exact) mass is 396 g/mol. The molecule has 154 valence electrons. The van der Waals surface area contributed by atoms with E-state index in [1.807, 2.05) is 0 Å². The van der Waals surface area contributed by atoms with E-state index in [0.717, 1.165) is 6.92 Å². The van der Waals surface area contributed by atoms with Gasteiger partial charge in [0.15, 0.2) is 6.10 Å².